The van der Waals surface area contributed by atoms with Gasteiger partial charge in [0.25, 0.3) is 0 Å². The van der Waals surface area contributed by atoms with Gasteiger partial charge in [0.05, 0.1) is 12.8 Å². The van der Waals surface area contributed by atoms with Gasteiger partial charge in [-0.3, -0.25) is 0 Å². The molecule has 0 radical (unpaired) electrons. The third kappa shape index (κ3) is 5.78. The molecule has 28 heavy (non-hydrogen) atoms. The number of nitrogens with one attached hydrogen (secondary N) is 1. The van der Waals surface area contributed by atoms with Gasteiger partial charge in [0.15, 0.2) is 0 Å². The minimum absolute atomic E-state index is 0.871. The average molecular weight is 393 g/mol. The molecule has 3 rings (SSSR count). The number of benzene rings is 3. The number of methoxy groups -OCH3 is 1. The van der Waals surface area contributed by atoms with E-state index in [1.165, 1.54) is 16.0 Å². The SMILES string of the molecule is CCCN(CCNc1ccccc1OC)Sc1ccc(-c2ccccc2)cc1. The van der Waals surface area contributed by atoms with E-state index in [-0.39, 0.29) is 0 Å². The van der Waals surface area contributed by atoms with Gasteiger partial charge in [-0.1, -0.05) is 61.5 Å². The quantitative estimate of drug-likeness (QED) is 0.416. The lowest BCUT2D eigenvalue weighted by Gasteiger charge is -2.21. The predicted molar refractivity (Wildman–Crippen MR) is 121 cm³/mol. The Kier molecular flexibility index (Phi) is 7.82. The molecule has 0 aliphatic heterocycles. The van der Waals surface area contributed by atoms with Crippen molar-refractivity contribution in [3.8, 4) is 16.9 Å². The number of nitrogens with zero attached hydrogens (tertiary/aromatic N) is 1. The van der Waals surface area contributed by atoms with Gasteiger partial charge in [-0.05, 0) is 53.8 Å². The van der Waals surface area contributed by atoms with Gasteiger partial charge in [0.1, 0.15) is 5.75 Å². The van der Waals surface area contributed by atoms with Crippen LogP contribution in [0, 0.1) is 0 Å². The van der Waals surface area contributed by atoms with Crippen LogP contribution in [0.2, 0.25) is 0 Å². The normalized spacial score (nSPS) is 10.8. The van der Waals surface area contributed by atoms with Crippen LogP contribution in [0.15, 0.2) is 83.8 Å². The van der Waals surface area contributed by atoms with Crippen LogP contribution in [0.4, 0.5) is 5.69 Å². The van der Waals surface area contributed by atoms with E-state index in [2.05, 4.69) is 77.2 Å². The summed E-state index contributed by atoms with van der Waals surface area (Å²) in [7, 11) is 1.71. The third-order valence-electron chi connectivity index (χ3n) is 4.45. The van der Waals surface area contributed by atoms with E-state index in [9.17, 15) is 0 Å². The maximum Gasteiger partial charge on any atom is 0.141 e. The second kappa shape index (κ2) is 10.8. The molecule has 0 fully saturated rings. The molecule has 3 aromatic carbocycles. The number of anilines is 1. The maximum absolute atomic E-state index is 5.41. The summed E-state index contributed by atoms with van der Waals surface area (Å²) < 4.78 is 7.83. The average Bonchev–Trinajstić information content (AvgIpc) is 2.75. The van der Waals surface area contributed by atoms with Crippen molar-refractivity contribution in [3.05, 3.63) is 78.9 Å². The second-order valence-electron chi connectivity index (χ2n) is 6.54. The van der Waals surface area contributed by atoms with Crippen molar-refractivity contribution in [2.75, 3.05) is 32.1 Å². The fraction of sp³-hybridized carbons (Fsp3) is 0.250. The fourth-order valence-corrected chi connectivity index (χ4v) is 4.06. The standard InChI is InChI=1S/C24H28N2OS/c1-3-18-26(19-17-25-23-11-7-8-12-24(23)27-2)28-22-15-13-21(14-16-22)20-9-5-4-6-10-20/h4-16,25H,3,17-19H2,1-2H3. The second-order valence-corrected chi connectivity index (χ2v) is 7.71. The zero-order valence-corrected chi connectivity index (χ0v) is 17.4. The van der Waals surface area contributed by atoms with Crippen LogP contribution < -0.4 is 10.1 Å². The number of rotatable bonds is 10. The van der Waals surface area contributed by atoms with Crippen LogP contribution >= 0.6 is 11.9 Å². The van der Waals surface area contributed by atoms with Crippen molar-refractivity contribution in [3.63, 3.8) is 0 Å². The zero-order chi connectivity index (χ0) is 19.6. The molecule has 4 heteroatoms. The monoisotopic (exact) mass is 392 g/mol. The van der Waals surface area contributed by atoms with E-state index in [4.69, 9.17) is 4.74 Å². The Bertz CT molecular complexity index is 837. The van der Waals surface area contributed by atoms with Crippen molar-refractivity contribution in [2.24, 2.45) is 0 Å². The molecule has 3 nitrogen and oxygen atoms in total. The lowest BCUT2D eigenvalue weighted by molar-refractivity contribution is 0.416. The van der Waals surface area contributed by atoms with Crippen LogP contribution in [-0.4, -0.2) is 31.0 Å². The molecule has 3 aromatic rings. The van der Waals surface area contributed by atoms with Gasteiger partial charge in [0.2, 0.25) is 0 Å². The molecule has 1 N–H and O–H groups in total. The molecule has 0 amide bonds. The highest BCUT2D eigenvalue weighted by Crippen LogP contribution is 2.27. The predicted octanol–water partition coefficient (Wildman–Crippen LogP) is 6.19. The first-order valence-electron chi connectivity index (χ1n) is 9.75. The van der Waals surface area contributed by atoms with Gasteiger partial charge in [0, 0.05) is 24.5 Å². The highest BCUT2D eigenvalue weighted by Gasteiger charge is 2.08. The molecule has 0 atom stereocenters. The first kappa shape index (κ1) is 20.3. The molecule has 0 unspecified atom stereocenters. The summed E-state index contributed by atoms with van der Waals surface area (Å²) in [4.78, 5) is 1.27. The molecular weight excluding hydrogens is 364 g/mol. The van der Waals surface area contributed by atoms with Crippen molar-refractivity contribution >= 4 is 17.6 Å². The molecular formula is C24H28N2OS. The van der Waals surface area contributed by atoms with Crippen molar-refractivity contribution < 1.29 is 4.74 Å². The molecule has 0 spiro atoms. The Balaban J connectivity index is 1.57. The molecule has 0 aliphatic carbocycles. The van der Waals surface area contributed by atoms with Crippen LogP contribution in [0.1, 0.15) is 13.3 Å². The van der Waals surface area contributed by atoms with Crippen LogP contribution in [-0.2, 0) is 0 Å². The molecule has 0 saturated carbocycles. The topological polar surface area (TPSA) is 24.5 Å². The highest BCUT2D eigenvalue weighted by atomic mass is 32.2. The van der Waals surface area contributed by atoms with Gasteiger partial charge >= 0.3 is 0 Å². The zero-order valence-electron chi connectivity index (χ0n) is 16.6. The van der Waals surface area contributed by atoms with Gasteiger partial charge in [-0.2, -0.15) is 0 Å². The number of ether oxygens (including phenoxy) is 1. The summed E-state index contributed by atoms with van der Waals surface area (Å²) in [5.41, 5.74) is 3.55. The van der Waals surface area contributed by atoms with Crippen LogP contribution in [0.25, 0.3) is 11.1 Å². The molecule has 0 heterocycles. The first-order chi connectivity index (χ1) is 13.8. The van der Waals surface area contributed by atoms with Crippen molar-refractivity contribution in [1.82, 2.24) is 4.31 Å². The van der Waals surface area contributed by atoms with Crippen LogP contribution in [0.3, 0.4) is 0 Å². The smallest absolute Gasteiger partial charge is 0.141 e. The highest BCUT2D eigenvalue weighted by molar-refractivity contribution is 7.97. The Morgan fingerprint density at radius 3 is 2.21 bits per heavy atom. The summed E-state index contributed by atoms with van der Waals surface area (Å²) in [6, 6.07) is 27.4. The van der Waals surface area contributed by atoms with Gasteiger partial charge in [-0.25, -0.2) is 4.31 Å². The van der Waals surface area contributed by atoms with E-state index in [0.29, 0.717) is 0 Å². The molecule has 0 saturated heterocycles. The Morgan fingerprint density at radius 2 is 1.50 bits per heavy atom. The van der Waals surface area contributed by atoms with E-state index in [1.54, 1.807) is 7.11 Å². The summed E-state index contributed by atoms with van der Waals surface area (Å²) in [6.45, 7) is 5.10. The summed E-state index contributed by atoms with van der Waals surface area (Å²) in [5, 5.41) is 3.49. The largest absolute Gasteiger partial charge is 0.495 e. The van der Waals surface area contributed by atoms with Crippen LogP contribution in [0.5, 0.6) is 5.75 Å². The van der Waals surface area contributed by atoms with E-state index in [1.807, 2.05) is 30.1 Å². The fourth-order valence-electron chi connectivity index (χ4n) is 3.05. The number of hydrogen-bond donors (Lipinski definition) is 1. The molecule has 0 aromatic heterocycles. The van der Waals surface area contributed by atoms with Crippen molar-refractivity contribution in [2.45, 2.75) is 18.2 Å². The number of para-hydroxylation sites is 2. The number of hydrogen-bond acceptors (Lipinski definition) is 4. The molecule has 0 bridgehead atoms. The minimum atomic E-state index is 0.871. The summed E-state index contributed by atoms with van der Waals surface area (Å²) >= 11 is 1.82. The van der Waals surface area contributed by atoms with Crippen molar-refractivity contribution in [1.29, 1.82) is 0 Å². The molecule has 0 aliphatic rings. The summed E-state index contributed by atoms with van der Waals surface area (Å²) in [6.07, 6.45) is 1.13. The first-order valence-corrected chi connectivity index (χ1v) is 10.5. The van der Waals surface area contributed by atoms with E-state index < -0.39 is 0 Å². The Labute approximate surface area is 172 Å². The van der Waals surface area contributed by atoms with E-state index >= 15 is 0 Å². The Morgan fingerprint density at radius 1 is 0.821 bits per heavy atom. The third-order valence-corrected chi connectivity index (χ3v) is 5.56. The molecule has 146 valence electrons. The lowest BCUT2D eigenvalue weighted by Crippen LogP contribution is -2.24. The van der Waals surface area contributed by atoms with Gasteiger partial charge < -0.3 is 10.1 Å². The maximum atomic E-state index is 5.41. The Hall–Kier alpha value is -2.43. The lowest BCUT2D eigenvalue weighted by atomic mass is 10.1. The van der Waals surface area contributed by atoms with Gasteiger partial charge in [-0.15, -0.1) is 0 Å². The minimum Gasteiger partial charge on any atom is -0.495 e. The summed E-state index contributed by atoms with van der Waals surface area (Å²) in [5.74, 6) is 0.883. The van der Waals surface area contributed by atoms with E-state index in [0.717, 1.165) is 37.5 Å².